The van der Waals surface area contributed by atoms with Gasteiger partial charge in [-0.1, -0.05) is 13.5 Å². The van der Waals surface area contributed by atoms with Crippen LogP contribution in [0.4, 0.5) is 0 Å². The van der Waals surface area contributed by atoms with Crippen LogP contribution in [-0.4, -0.2) is 18.0 Å². The third-order valence-electron chi connectivity index (χ3n) is 1.73. The Hall–Kier alpha value is -0.680. The topological polar surface area (TPSA) is 3.24 Å². The first-order chi connectivity index (χ1) is 4.33. The largest absolute Gasteiger partial charge is 0.371 e. The molecule has 1 fully saturated rings. The summed E-state index contributed by atoms with van der Waals surface area (Å²) in [6.45, 7) is 8.17. The Morgan fingerprint density at radius 1 is 1.78 bits per heavy atom. The van der Waals surface area contributed by atoms with E-state index in [1.54, 1.807) is 0 Å². The molecule has 0 aromatic heterocycles. The third-order valence-corrected chi connectivity index (χ3v) is 1.73. The van der Waals surface area contributed by atoms with Crippen LogP contribution in [0.1, 0.15) is 13.3 Å². The van der Waals surface area contributed by atoms with E-state index in [4.69, 9.17) is 0 Å². The minimum Gasteiger partial charge on any atom is -0.371 e. The molecule has 0 aromatic carbocycles. The van der Waals surface area contributed by atoms with Gasteiger partial charge in [0.25, 0.3) is 0 Å². The van der Waals surface area contributed by atoms with Crippen LogP contribution in [-0.2, 0) is 0 Å². The standard InChI is InChI=1S/C8H13N/c1-3-5-9-6-4-8(2)7-9/h5,8H,1,4,6-7H2,2H3. The molecular weight excluding hydrogens is 110 g/mol. The molecule has 1 rings (SSSR count). The molecule has 0 spiro atoms. The SMILES string of the molecule is C=C=CN1CCC(C)C1. The van der Waals surface area contributed by atoms with Crippen LogP contribution >= 0.6 is 0 Å². The number of nitrogens with zero attached hydrogens (tertiary/aromatic N) is 1. The fraction of sp³-hybridized carbons (Fsp3) is 0.625. The molecule has 1 nitrogen and oxygen atoms in total. The highest BCUT2D eigenvalue weighted by molar-refractivity contribution is 4.83. The van der Waals surface area contributed by atoms with Crippen molar-refractivity contribution >= 4 is 0 Å². The lowest BCUT2D eigenvalue weighted by Crippen LogP contribution is -2.11. The summed E-state index contributed by atoms with van der Waals surface area (Å²) in [5.74, 6) is 0.856. The highest BCUT2D eigenvalue weighted by Gasteiger charge is 2.14. The second-order valence-electron chi connectivity index (χ2n) is 2.72. The highest BCUT2D eigenvalue weighted by Crippen LogP contribution is 2.14. The van der Waals surface area contributed by atoms with Crippen LogP contribution in [0, 0.1) is 5.92 Å². The molecular formula is C8H13N. The van der Waals surface area contributed by atoms with Crippen molar-refractivity contribution in [1.82, 2.24) is 4.90 Å². The van der Waals surface area contributed by atoms with Gasteiger partial charge in [-0.25, -0.2) is 0 Å². The first kappa shape index (κ1) is 6.44. The molecule has 1 saturated heterocycles. The second-order valence-corrected chi connectivity index (χ2v) is 2.72. The highest BCUT2D eigenvalue weighted by atomic mass is 15.1. The Balaban J connectivity index is 2.38. The van der Waals surface area contributed by atoms with E-state index in [1.807, 2.05) is 6.20 Å². The molecule has 9 heavy (non-hydrogen) atoms. The molecule has 1 aliphatic heterocycles. The minimum atomic E-state index is 0.856. The zero-order chi connectivity index (χ0) is 6.69. The summed E-state index contributed by atoms with van der Waals surface area (Å²) >= 11 is 0. The predicted molar refractivity (Wildman–Crippen MR) is 39.1 cm³/mol. The van der Waals surface area contributed by atoms with Gasteiger partial charge in [0.1, 0.15) is 0 Å². The molecule has 1 atom stereocenters. The molecule has 1 unspecified atom stereocenters. The van der Waals surface area contributed by atoms with Gasteiger partial charge < -0.3 is 4.90 Å². The van der Waals surface area contributed by atoms with Gasteiger partial charge in [0, 0.05) is 19.3 Å². The molecule has 1 heteroatoms. The van der Waals surface area contributed by atoms with Crippen LogP contribution in [0.15, 0.2) is 18.5 Å². The molecule has 0 saturated carbocycles. The number of hydrogen-bond donors (Lipinski definition) is 0. The Labute approximate surface area is 56.7 Å². The Morgan fingerprint density at radius 3 is 3.00 bits per heavy atom. The molecule has 50 valence electrons. The zero-order valence-corrected chi connectivity index (χ0v) is 5.93. The predicted octanol–water partition coefficient (Wildman–Crippen LogP) is 1.63. The zero-order valence-electron chi connectivity index (χ0n) is 5.93. The van der Waals surface area contributed by atoms with Gasteiger partial charge in [0.05, 0.1) is 0 Å². The van der Waals surface area contributed by atoms with Gasteiger partial charge in [-0.05, 0) is 12.3 Å². The van der Waals surface area contributed by atoms with Crippen molar-refractivity contribution in [3.63, 3.8) is 0 Å². The first-order valence-corrected chi connectivity index (χ1v) is 3.43. The van der Waals surface area contributed by atoms with Crippen molar-refractivity contribution in [1.29, 1.82) is 0 Å². The smallest absolute Gasteiger partial charge is 0.0417 e. The summed E-state index contributed by atoms with van der Waals surface area (Å²) in [5.41, 5.74) is 2.78. The van der Waals surface area contributed by atoms with E-state index < -0.39 is 0 Å². The Kier molecular flexibility index (Phi) is 1.96. The van der Waals surface area contributed by atoms with Crippen molar-refractivity contribution in [2.75, 3.05) is 13.1 Å². The van der Waals surface area contributed by atoms with E-state index in [1.165, 1.54) is 19.5 Å². The maximum Gasteiger partial charge on any atom is 0.0417 e. The summed E-state index contributed by atoms with van der Waals surface area (Å²) in [7, 11) is 0. The molecule has 0 radical (unpaired) electrons. The van der Waals surface area contributed by atoms with E-state index in [0.29, 0.717) is 0 Å². The minimum absolute atomic E-state index is 0.856. The Bertz CT molecular complexity index is 134. The van der Waals surface area contributed by atoms with Crippen LogP contribution in [0.25, 0.3) is 0 Å². The van der Waals surface area contributed by atoms with Gasteiger partial charge in [-0.3, -0.25) is 0 Å². The van der Waals surface area contributed by atoms with Crippen LogP contribution in [0.3, 0.4) is 0 Å². The normalized spacial score (nSPS) is 25.9. The summed E-state index contributed by atoms with van der Waals surface area (Å²) in [6, 6.07) is 0. The van der Waals surface area contributed by atoms with E-state index >= 15 is 0 Å². The number of likely N-dealkylation sites (tertiary alicyclic amines) is 1. The lowest BCUT2D eigenvalue weighted by Gasteiger charge is -2.08. The van der Waals surface area contributed by atoms with Crippen molar-refractivity contribution in [2.24, 2.45) is 5.92 Å². The van der Waals surface area contributed by atoms with Crippen molar-refractivity contribution < 1.29 is 0 Å². The first-order valence-electron chi connectivity index (χ1n) is 3.43. The molecule has 0 bridgehead atoms. The second kappa shape index (κ2) is 2.75. The average Bonchev–Trinajstić information content (AvgIpc) is 2.17. The number of rotatable bonds is 1. The monoisotopic (exact) mass is 123 g/mol. The molecule has 0 aliphatic carbocycles. The van der Waals surface area contributed by atoms with Crippen LogP contribution in [0.5, 0.6) is 0 Å². The summed E-state index contributed by atoms with van der Waals surface area (Å²) in [6.07, 6.45) is 3.27. The molecule has 0 aromatic rings. The van der Waals surface area contributed by atoms with E-state index in [9.17, 15) is 0 Å². The van der Waals surface area contributed by atoms with Crippen molar-refractivity contribution in [2.45, 2.75) is 13.3 Å². The lowest BCUT2D eigenvalue weighted by atomic mass is 10.2. The molecule has 1 heterocycles. The maximum atomic E-state index is 3.53. The van der Waals surface area contributed by atoms with Crippen molar-refractivity contribution in [3.8, 4) is 0 Å². The Morgan fingerprint density at radius 2 is 2.56 bits per heavy atom. The molecule has 0 amide bonds. The summed E-state index contributed by atoms with van der Waals surface area (Å²) in [4.78, 5) is 2.26. The molecule has 1 aliphatic rings. The lowest BCUT2D eigenvalue weighted by molar-refractivity contribution is 0.449. The van der Waals surface area contributed by atoms with E-state index in [-0.39, 0.29) is 0 Å². The van der Waals surface area contributed by atoms with Gasteiger partial charge >= 0.3 is 0 Å². The van der Waals surface area contributed by atoms with Crippen molar-refractivity contribution in [3.05, 3.63) is 18.5 Å². The summed E-state index contributed by atoms with van der Waals surface area (Å²) in [5, 5.41) is 0. The quantitative estimate of drug-likeness (QED) is 0.479. The van der Waals surface area contributed by atoms with E-state index in [2.05, 4.69) is 24.1 Å². The van der Waals surface area contributed by atoms with Gasteiger partial charge in [0.2, 0.25) is 0 Å². The van der Waals surface area contributed by atoms with Gasteiger partial charge in [-0.15, -0.1) is 5.73 Å². The van der Waals surface area contributed by atoms with Crippen LogP contribution < -0.4 is 0 Å². The summed E-state index contributed by atoms with van der Waals surface area (Å²) < 4.78 is 0. The van der Waals surface area contributed by atoms with E-state index in [0.717, 1.165) is 5.92 Å². The fourth-order valence-electron chi connectivity index (χ4n) is 1.22. The maximum absolute atomic E-state index is 3.53. The average molecular weight is 123 g/mol. The third kappa shape index (κ3) is 1.62. The van der Waals surface area contributed by atoms with Gasteiger partial charge in [-0.2, -0.15) is 0 Å². The molecule has 0 N–H and O–H groups in total. The fourth-order valence-corrected chi connectivity index (χ4v) is 1.22. The van der Waals surface area contributed by atoms with Gasteiger partial charge in [0.15, 0.2) is 0 Å². The van der Waals surface area contributed by atoms with Crippen LogP contribution in [0.2, 0.25) is 0 Å². The number of hydrogen-bond acceptors (Lipinski definition) is 1.